The van der Waals surface area contributed by atoms with E-state index in [1.807, 2.05) is 54.6 Å². The number of hydrogen-bond donors (Lipinski definition) is 3. The highest BCUT2D eigenvalue weighted by Gasteiger charge is 2.14. The number of ether oxygens (including phenoxy) is 1. The lowest BCUT2D eigenvalue weighted by atomic mass is 10.0. The molecule has 0 atom stereocenters. The highest BCUT2D eigenvalue weighted by molar-refractivity contribution is 5.97. The van der Waals surface area contributed by atoms with Crippen molar-refractivity contribution in [3.63, 3.8) is 0 Å². The van der Waals surface area contributed by atoms with E-state index in [0.717, 1.165) is 27.6 Å². The van der Waals surface area contributed by atoms with Gasteiger partial charge in [0.2, 0.25) is 0 Å². The molecule has 1 aromatic heterocycles. The van der Waals surface area contributed by atoms with Gasteiger partial charge in [0.15, 0.2) is 0 Å². The summed E-state index contributed by atoms with van der Waals surface area (Å²) in [5.41, 5.74) is 6.91. The van der Waals surface area contributed by atoms with Crippen LogP contribution < -0.4 is 15.5 Å². The molecule has 0 aliphatic rings. The molecular weight excluding hydrogens is 478 g/mol. The minimum Gasteiger partial charge on any atom is -0.488 e. The molecule has 5 rings (SSSR count). The summed E-state index contributed by atoms with van der Waals surface area (Å²) in [6.45, 7) is 0.593. The summed E-state index contributed by atoms with van der Waals surface area (Å²) in [7, 11) is 0. The zero-order chi connectivity index (χ0) is 26.3. The first-order valence-corrected chi connectivity index (χ1v) is 12.1. The van der Waals surface area contributed by atoms with Crippen LogP contribution in [0.15, 0.2) is 109 Å². The van der Waals surface area contributed by atoms with E-state index >= 15 is 0 Å². The van der Waals surface area contributed by atoms with Gasteiger partial charge in [-0.3, -0.25) is 14.8 Å². The second kappa shape index (κ2) is 11.4. The molecule has 4 aromatic carbocycles. The SMILES string of the molecule is O=C(NO)c1ccc(CNC(=O)c2cc(OCc3ccc(-c4ccccc4)cc3)c3ccccc3n2)cc1. The van der Waals surface area contributed by atoms with E-state index in [4.69, 9.17) is 9.94 Å². The third-order valence-electron chi connectivity index (χ3n) is 6.14. The Bertz CT molecular complexity index is 1570. The van der Waals surface area contributed by atoms with Gasteiger partial charge in [-0.15, -0.1) is 0 Å². The van der Waals surface area contributed by atoms with Gasteiger partial charge in [-0.2, -0.15) is 0 Å². The second-order valence-electron chi connectivity index (χ2n) is 8.69. The Hall–Kier alpha value is -5.01. The van der Waals surface area contributed by atoms with Crippen molar-refractivity contribution in [2.24, 2.45) is 0 Å². The number of para-hydroxylation sites is 1. The van der Waals surface area contributed by atoms with Gasteiger partial charge in [0.05, 0.1) is 5.52 Å². The van der Waals surface area contributed by atoms with Gasteiger partial charge in [0, 0.05) is 23.6 Å². The Morgan fingerprint density at radius 2 is 1.39 bits per heavy atom. The molecule has 0 spiro atoms. The molecule has 38 heavy (non-hydrogen) atoms. The summed E-state index contributed by atoms with van der Waals surface area (Å²) in [5.74, 6) is -0.363. The van der Waals surface area contributed by atoms with Crippen LogP contribution in [0.1, 0.15) is 32.0 Å². The van der Waals surface area contributed by atoms with E-state index in [-0.39, 0.29) is 18.1 Å². The van der Waals surface area contributed by atoms with Crippen LogP contribution in [0.4, 0.5) is 0 Å². The highest BCUT2D eigenvalue weighted by atomic mass is 16.5. The molecule has 2 amide bonds. The quantitative estimate of drug-likeness (QED) is 0.191. The molecule has 1 heterocycles. The van der Waals surface area contributed by atoms with E-state index in [0.29, 0.717) is 23.4 Å². The van der Waals surface area contributed by atoms with Crippen molar-refractivity contribution in [2.45, 2.75) is 13.2 Å². The molecule has 7 heteroatoms. The predicted octanol–water partition coefficient (Wildman–Crippen LogP) is 5.53. The number of aromatic nitrogens is 1. The molecule has 7 nitrogen and oxygen atoms in total. The molecule has 0 aliphatic heterocycles. The molecule has 0 unspecified atom stereocenters. The Labute approximate surface area is 219 Å². The lowest BCUT2D eigenvalue weighted by Crippen LogP contribution is -2.24. The molecule has 3 N–H and O–H groups in total. The lowest BCUT2D eigenvalue weighted by molar-refractivity contribution is 0.0706. The topological polar surface area (TPSA) is 101 Å². The zero-order valence-electron chi connectivity index (χ0n) is 20.4. The van der Waals surface area contributed by atoms with Crippen LogP contribution >= 0.6 is 0 Å². The Morgan fingerprint density at radius 3 is 2.13 bits per heavy atom. The van der Waals surface area contributed by atoms with Crippen molar-refractivity contribution >= 4 is 22.7 Å². The average molecular weight is 504 g/mol. The zero-order valence-corrected chi connectivity index (χ0v) is 20.4. The van der Waals surface area contributed by atoms with Gasteiger partial charge in [-0.1, -0.05) is 78.9 Å². The largest absolute Gasteiger partial charge is 0.488 e. The van der Waals surface area contributed by atoms with Gasteiger partial charge in [0.1, 0.15) is 18.1 Å². The molecule has 5 aromatic rings. The van der Waals surface area contributed by atoms with Gasteiger partial charge in [0.25, 0.3) is 11.8 Å². The average Bonchev–Trinajstić information content (AvgIpc) is 2.99. The number of pyridine rings is 1. The third kappa shape index (κ3) is 5.69. The van der Waals surface area contributed by atoms with E-state index in [9.17, 15) is 9.59 Å². The van der Waals surface area contributed by atoms with Crippen LogP contribution in [-0.2, 0) is 13.2 Å². The van der Waals surface area contributed by atoms with E-state index in [2.05, 4.69) is 34.6 Å². The number of carbonyl (C=O) groups excluding carboxylic acids is 2. The van der Waals surface area contributed by atoms with Crippen LogP contribution in [0.3, 0.4) is 0 Å². The maximum atomic E-state index is 13.0. The van der Waals surface area contributed by atoms with Crippen LogP contribution in [0.5, 0.6) is 5.75 Å². The smallest absolute Gasteiger partial charge is 0.274 e. The minimum atomic E-state index is -0.597. The molecule has 0 fully saturated rings. The molecule has 0 saturated heterocycles. The number of amides is 2. The van der Waals surface area contributed by atoms with Crippen molar-refractivity contribution in [1.82, 2.24) is 15.8 Å². The van der Waals surface area contributed by atoms with E-state index in [1.54, 1.807) is 35.8 Å². The first kappa shape index (κ1) is 24.7. The number of fused-ring (bicyclic) bond motifs is 1. The fraction of sp³-hybridized carbons (Fsp3) is 0.0645. The predicted molar refractivity (Wildman–Crippen MR) is 145 cm³/mol. The fourth-order valence-corrected chi connectivity index (χ4v) is 4.08. The summed E-state index contributed by atoms with van der Waals surface area (Å²) in [4.78, 5) is 29.0. The normalized spacial score (nSPS) is 10.7. The van der Waals surface area contributed by atoms with Crippen molar-refractivity contribution in [2.75, 3.05) is 0 Å². The molecule has 0 saturated carbocycles. The summed E-state index contributed by atoms with van der Waals surface area (Å²) in [6.07, 6.45) is 0. The van der Waals surface area contributed by atoms with Crippen LogP contribution in [0.25, 0.3) is 22.0 Å². The molecule has 0 bridgehead atoms. The number of nitrogens with zero attached hydrogens (tertiary/aromatic N) is 1. The molecule has 0 radical (unpaired) electrons. The van der Waals surface area contributed by atoms with Crippen LogP contribution in [0, 0.1) is 0 Å². The van der Waals surface area contributed by atoms with Gasteiger partial charge in [-0.05, 0) is 46.5 Å². The first-order chi connectivity index (χ1) is 18.6. The van der Waals surface area contributed by atoms with E-state index in [1.165, 1.54) is 0 Å². The second-order valence-corrected chi connectivity index (χ2v) is 8.69. The Kier molecular flexibility index (Phi) is 7.38. The van der Waals surface area contributed by atoms with E-state index < -0.39 is 5.91 Å². The summed E-state index contributed by atoms with van der Waals surface area (Å²) in [5, 5.41) is 12.4. The standard InChI is InChI=1S/C31H25N3O4/c35-30(34-37)25-16-10-21(11-17-25)19-32-31(36)28-18-29(26-8-4-5-9-27(26)33-28)38-20-22-12-14-24(15-13-22)23-6-2-1-3-7-23/h1-18,37H,19-20H2,(H,32,36)(H,34,35). The Morgan fingerprint density at radius 1 is 0.737 bits per heavy atom. The summed E-state index contributed by atoms with van der Waals surface area (Å²) >= 11 is 0. The maximum Gasteiger partial charge on any atom is 0.274 e. The summed E-state index contributed by atoms with van der Waals surface area (Å²) < 4.78 is 6.17. The number of hydroxylamine groups is 1. The van der Waals surface area contributed by atoms with Crippen molar-refractivity contribution in [3.05, 3.63) is 132 Å². The Balaban J connectivity index is 1.29. The summed E-state index contributed by atoms with van der Waals surface area (Å²) in [6, 6.07) is 34.1. The molecular formula is C31H25N3O4. The first-order valence-electron chi connectivity index (χ1n) is 12.1. The van der Waals surface area contributed by atoms with Crippen molar-refractivity contribution in [1.29, 1.82) is 0 Å². The highest BCUT2D eigenvalue weighted by Crippen LogP contribution is 2.27. The van der Waals surface area contributed by atoms with Crippen LogP contribution in [-0.4, -0.2) is 22.0 Å². The monoisotopic (exact) mass is 503 g/mol. The minimum absolute atomic E-state index is 0.245. The van der Waals surface area contributed by atoms with Crippen molar-refractivity contribution < 1.29 is 19.5 Å². The van der Waals surface area contributed by atoms with Crippen LogP contribution in [0.2, 0.25) is 0 Å². The maximum absolute atomic E-state index is 13.0. The number of rotatable bonds is 8. The number of benzene rings is 4. The number of hydrogen-bond acceptors (Lipinski definition) is 5. The lowest BCUT2D eigenvalue weighted by Gasteiger charge is -2.12. The van der Waals surface area contributed by atoms with Crippen molar-refractivity contribution in [3.8, 4) is 16.9 Å². The van der Waals surface area contributed by atoms with Gasteiger partial charge >= 0.3 is 0 Å². The molecule has 0 aliphatic carbocycles. The number of carbonyl (C=O) groups is 2. The van der Waals surface area contributed by atoms with Gasteiger partial charge in [-0.25, -0.2) is 10.5 Å². The molecule has 188 valence electrons. The fourth-order valence-electron chi connectivity index (χ4n) is 4.08. The third-order valence-corrected chi connectivity index (χ3v) is 6.14. The number of nitrogens with one attached hydrogen (secondary N) is 2. The van der Waals surface area contributed by atoms with Gasteiger partial charge < -0.3 is 10.1 Å².